The summed E-state index contributed by atoms with van der Waals surface area (Å²) in [5, 5.41) is 3.06. The van der Waals surface area contributed by atoms with Gasteiger partial charge in [-0.15, -0.1) is 0 Å². The third-order valence-electron chi connectivity index (χ3n) is 4.45. The van der Waals surface area contributed by atoms with E-state index in [1.165, 1.54) is 18.2 Å². The average Bonchev–Trinajstić information content (AvgIpc) is 2.72. The molecule has 0 spiro atoms. The van der Waals surface area contributed by atoms with Crippen LogP contribution in [0.4, 0.5) is 10.3 Å². The van der Waals surface area contributed by atoms with Gasteiger partial charge < -0.3 is 15.1 Å². The quantitative estimate of drug-likeness (QED) is 0.580. The highest BCUT2D eigenvalue weighted by molar-refractivity contribution is 7.91. The van der Waals surface area contributed by atoms with Gasteiger partial charge in [-0.2, -0.15) is 0 Å². The van der Waals surface area contributed by atoms with Gasteiger partial charge >= 0.3 is 0 Å². The maximum Gasteiger partial charge on any atom is 0.225 e. The van der Waals surface area contributed by atoms with Crippen LogP contribution < -0.4 is 10.2 Å². The highest BCUT2D eigenvalue weighted by Gasteiger charge is 2.22. The lowest BCUT2D eigenvalue weighted by Gasteiger charge is -2.36. The highest BCUT2D eigenvalue weighted by atomic mass is 32.2. The molecule has 0 unspecified atom stereocenters. The Bertz CT molecular complexity index is 915. The molecule has 10 heteroatoms. The van der Waals surface area contributed by atoms with E-state index in [1.54, 1.807) is 25.5 Å². The number of anilines is 1. The predicted octanol–water partition coefficient (Wildman–Crippen LogP) is 0.787. The zero-order valence-electron chi connectivity index (χ0n) is 15.6. The minimum absolute atomic E-state index is 0.144. The molecule has 2 aromatic rings. The molecule has 1 aliphatic heterocycles. The Morgan fingerprint density at radius 3 is 2.46 bits per heavy atom. The Labute approximate surface area is 164 Å². The number of hydrogen-bond donors (Lipinski definition) is 1. The predicted molar refractivity (Wildman–Crippen MR) is 106 cm³/mol. The smallest absolute Gasteiger partial charge is 0.225 e. The molecule has 0 atom stereocenters. The van der Waals surface area contributed by atoms with Crippen molar-refractivity contribution in [2.75, 3.05) is 50.4 Å². The van der Waals surface area contributed by atoms with E-state index < -0.39 is 15.7 Å². The number of hydrogen-bond acceptors (Lipinski definition) is 6. The summed E-state index contributed by atoms with van der Waals surface area (Å²) in [4.78, 5) is 16.6. The third-order valence-corrected chi connectivity index (χ3v) is 6.19. The third kappa shape index (κ3) is 4.75. The zero-order valence-corrected chi connectivity index (χ0v) is 16.4. The summed E-state index contributed by atoms with van der Waals surface area (Å²) < 4.78 is 38.4. The molecule has 8 nitrogen and oxygen atoms in total. The van der Waals surface area contributed by atoms with Crippen LogP contribution in [0.25, 0.3) is 0 Å². The van der Waals surface area contributed by atoms with Crippen LogP contribution in [0.15, 0.2) is 52.6 Å². The van der Waals surface area contributed by atoms with Crippen molar-refractivity contribution in [3.05, 3.63) is 48.5 Å². The molecule has 2 heterocycles. The summed E-state index contributed by atoms with van der Waals surface area (Å²) in [6, 6.07) is 7.19. The normalized spacial score (nSPS) is 15.6. The van der Waals surface area contributed by atoms with E-state index >= 15 is 0 Å². The minimum atomic E-state index is -3.71. The largest absolute Gasteiger partial charge is 0.355 e. The molecule has 0 aliphatic carbocycles. The second-order valence-electron chi connectivity index (χ2n) is 6.25. The van der Waals surface area contributed by atoms with E-state index in [-0.39, 0.29) is 17.2 Å². The van der Waals surface area contributed by atoms with Crippen LogP contribution in [0.2, 0.25) is 0 Å². The van der Waals surface area contributed by atoms with E-state index in [0.717, 1.165) is 19.2 Å². The van der Waals surface area contributed by atoms with Gasteiger partial charge in [-0.3, -0.25) is 4.99 Å². The lowest BCUT2D eigenvalue weighted by Crippen LogP contribution is -2.53. The van der Waals surface area contributed by atoms with E-state index in [1.807, 2.05) is 0 Å². The maximum absolute atomic E-state index is 13.8. The first-order chi connectivity index (χ1) is 13.5. The van der Waals surface area contributed by atoms with Gasteiger partial charge in [-0.1, -0.05) is 12.1 Å². The highest BCUT2D eigenvalue weighted by Crippen LogP contribution is 2.15. The van der Waals surface area contributed by atoms with E-state index in [2.05, 4.69) is 30.1 Å². The van der Waals surface area contributed by atoms with Crippen LogP contribution in [-0.4, -0.2) is 74.8 Å². The molecule has 0 radical (unpaired) electrons. The molecule has 0 bridgehead atoms. The minimum Gasteiger partial charge on any atom is -0.355 e. The Morgan fingerprint density at radius 2 is 1.82 bits per heavy atom. The summed E-state index contributed by atoms with van der Waals surface area (Å²) in [5.74, 6) is 0.370. The summed E-state index contributed by atoms with van der Waals surface area (Å²) in [5.41, 5.74) is 0. The number of guanidine groups is 1. The SMILES string of the molecule is CN=C(NCCS(=O)(=O)c1ccccc1F)N1CCN(c2ncccn2)CC1. The van der Waals surface area contributed by atoms with Gasteiger partial charge in [0.05, 0.1) is 5.75 Å². The number of aliphatic imine (C=N–C) groups is 1. The monoisotopic (exact) mass is 406 g/mol. The molecule has 0 saturated carbocycles. The lowest BCUT2D eigenvalue weighted by molar-refractivity contribution is 0.371. The summed E-state index contributed by atoms with van der Waals surface area (Å²) >= 11 is 0. The molecule has 150 valence electrons. The van der Waals surface area contributed by atoms with E-state index in [4.69, 9.17) is 0 Å². The number of rotatable bonds is 5. The molecule has 1 aromatic carbocycles. The molecule has 0 amide bonds. The van der Waals surface area contributed by atoms with Gasteiger partial charge in [-0.05, 0) is 18.2 Å². The fourth-order valence-corrected chi connectivity index (χ4v) is 4.25. The number of halogens is 1. The van der Waals surface area contributed by atoms with E-state index in [9.17, 15) is 12.8 Å². The Balaban J connectivity index is 1.52. The van der Waals surface area contributed by atoms with Gasteiger partial charge in [0.1, 0.15) is 10.7 Å². The van der Waals surface area contributed by atoms with Crippen LogP contribution >= 0.6 is 0 Å². The number of benzene rings is 1. The fourth-order valence-electron chi connectivity index (χ4n) is 3.01. The standard InChI is InChI=1S/C18H23FN6O2S/c1-20-17(23-9-14-28(26,27)16-6-3-2-5-15(16)19)24-10-12-25(13-11-24)18-21-7-4-8-22-18/h2-8H,9-14H2,1H3,(H,20,23). The van der Waals surface area contributed by atoms with E-state index in [0.29, 0.717) is 25.0 Å². The van der Waals surface area contributed by atoms with Crippen molar-refractivity contribution in [1.82, 2.24) is 20.2 Å². The molecule has 3 rings (SSSR count). The van der Waals surface area contributed by atoms with Gasteiger partial charge in [-0.25, -0.2) is 22.8 Å². The number of sulfone groups is 1. The second kappa shape index (κ2) is 8.96. The van der Waals surface area contributed by atoms with Crippen molar-refractivity contribution in [1.29, 1.82) is 0 Å². The van der Waals surface area contributed by atoms with Crippen molar-refractivity contribution >= 4 is 21.7 Å². The average molecular weight is 406 g/mol. The first-order valence-electron chi connectivity index (χ1n) is 8.96. The summed E-state index contributed by atoms with van der Waals surface area (Å²) in [7, 11) is -2.05. The number of piperazine rings is 1. The first kappa shape index (κ1) is 20.0. The molecule has 1 saturated heterocycles. The van der Waals surface area contributed by atoms with Gasteiger partial charge in [0.25, 0.3) is 0 Å². The Hall–Kier alpha value is -2.75. The van der Waals surface area contributed by atoms with Crippen molar-refractivity contribution in [3.63, 3.8) is 0 Å². The van der Waals surface area contributed by atoms with Gasteiger partial charge in [0.2, 0.25) is 5.95 Å². The van der Waals surface area contributed by atoms with Crippen LogP contribution in [-0.2, 0) is 9.84 Å². The van der Waals surface area contributed by atoms with Crippen molar-refractivity contribution < 1.29 is 12.8 Å². The second-order valence-corrected chi connectivity index (χ2v) is 8.32. The topological polar surface area (TPSA) is 90.8 Å². The maximum atomic E-state index is 13.8. The Morgan fingerprint density at radius 1 is 1.14 bits per heavy atom. The molecular formula is C18H23FN6O2S. The fraction of sp³-hybridized carbons (Fsp3) is 0.389. The van der Waals surface area contributed by atoms with Crippen LogP contribution in [0, 0.1) is 5.82 Å². The Kier molecular flexibility index (Phi) is 6.40. The molecule has 1 fully saturated rings. The molecule has 1 aliphatic rings. The number of aromatic nitrogens is 2. The van der Waals surface area contributed by atoms with Crippen LogP contribution in [0.1, 0.15) is 0 Å². The number of nitrogens with one attached hydrogen (secondary N) is 1. The molecule has 1 N–H and O–H groups in total. The number of nitrogens with zero attached hydrogens (tertiary/aromatic N) is 5. The first-order valence-corrected chi connectivity index (χ1v) is 10.6. The van der Waals surface area contributed by atoms with Crippen LogP contribution in [0.3, 0.4) is 0 Å². The molecule has 28 heavy (non-hydrogen) atoms. The van der Waals surface area contributed by atoms with Crippen molar-refractivity contribution in [2.24, 2.45) is 4.99 Å². The van der Waals surface area contributed by atoms with Gasteiger partial charge in [0, 0.05) is 52.2 Å². The zero-order chi connectivity index (χ0) is 20.0. The van der Waals surface area contributed by atoms with Gasteiger partial charge in [0.15, 0.2) is 15.8 Å². The lowest BCUT2D eigenvalue weighted by atomic mass is 10.3. The van der Waals surface area contributed by atoms with Crippen molar-refractivity contribution in [2.45, 2.75) is 4.90 Å². The molecular weight excluding hydrogens is 383 g/mol. The summed E-state index contributed by atoms with van der Waals surface area (Å²) in [6.45, 7) is 3.03. The van der Waals surface area contributed by atoms with Crippen molar-refractivity contribution in [3.8, 4) is 0 Å². The molecule has 1 aromatic heterocycles. The van der Waals surface area contributed by atoms with Crippen LogP contribution in [0.5, 0.6) is 0 Å². The summed E-state index contributed by atoms with van der Waals surface area (Å²) in [6.07, 6.45) is 3.43.